The number of aryl methyl sites for hydroxylation is 3. The third-order valence-electron chi connectivity index (χ3n) is 6.35. The van der Waals surface area contributed by atoms with Crippen LogP contribution in [0.5, 0.6) is 0 Å². The van der Waals surface area contributed by atoms with Gasteiger partial charge in [-0.1, -0.05) is 0 Å². The van der Waals surface area contributed by atoms with Crippen LogP contribution < -0.4 is 0 Å². The summed E-state index contributed by atoms with van der Waals surface area (Å²) in [4.78, 5) is 14.8. The molecule has 144 valence electrons. The zero-order valence-electron chi connectivity index (χ0n) is 15.8. The molecule has 4 heterocycles. The van der Waals surface area contributed by atoms with Crippen molar-refractivity contribution in [3.8, 4) is 0 Å². The molecule has 3 aliphatic rings. The quantitative estimate of drug-likeness (QED) is 0.880. The van der Waals surface area contributed by atoms with Gasteiger partial charge in [0.05, 0.1) is 18.8 Å². The van der Waals surface area contributed by atoms with E-state index in [1.807, 2.05) is 11.8 Å². The van der Waals surface area contributed by atoms with E-state index in [2.05, 4.69) is 25.0 Å². The highest BCUT2D eigenvalue weighted by Crippen LogP contribution is 2.33. The average Bonchev–Trinajstić information content (AvgIpc) is 3.39. The maximum absolute atomic E-state index is 12.8. The van der Waals surface area contributed by atoms with Gasteiger partial charge in [-0.2, -0.15) is 5.10 Å². The molecule has 1 atom stereocenters. The molecule has 1 fully saturated rings. The van der Waals surface area contributed by atoms with E-state index in [1.54, 1.807) is 0 Å². The first-order chi connectivity index (χ1) is 13.1. The Labute approximate surface area is 158 Å². The lowest BCUT2D eigenvalue weighted by Gasteiger charge is -2.34. The highest BCUT2D eigenvalue weighted by atomic mass is 16.5. The normalized spacial score (nSPS) is 24.3. The van der Waals surface area contributed by atoms with Crippen LogP contribution in [0.15, 0.2) is 0 Å². The summed E-state index contributed by atoms with van der Waals surface area (Å²) in [5.41, 5.74) is 3.43. The van der Waals surface area contributed by atoms with Crippen molar-refractivity contribution >= 4 is 5.91 Å². The number of rotatable bonds is 3. The average molecular weight is 370 g/mol. The van der Waals surface area contributed by atoms with Gasteiger partial charge >= 0.3 is 0 Å². The smallest absolute Gasteiger partial charge is 0.223 e. The number of aromatic nitrogens is 5. The molecule has 1 amide bonds. The van der Waals surface area contributed by atoms with Crippen LogP contribution >= 0.6 is 0 Å². The maximum Gasteiger partial charge on any atom is 0.223 e. The van der Waals surface area contributed by atoms with Crippen molar-refractivity contribution in [2.24, 2.45) is 0 Å². The fourth-order valence-electron chi connectivity index (χ4n) is 4.73. The minimum Gasteiger partial charge on any atom is -0.363 e. The molecule has 1 aliphatic carbocycles. The van der Waals surface area contributed by atoms with Gasteiger partial charge in [0.2, 0.25) is 5.91 Å². The molecule has 0 radical (unpaired) electrons. The van der Waals surface area contributed by atoms with Gasteiger partial charge in [0, 0.05) is 25.1 Å². The molecule has 27 heavy (non-hydrogen) atoms. The van der Waals surface area contributed by atoms with Gasteiger partial charge in [-0.05, 0) is 44.6 Å². The summed E-state index contributed by atoms with van der Waals surface area (Å²) < 4.78 is 8.27. The Bertz CT molecular complexity index is 872. The van der Waals surface area contributed by atoms with Gasteiger partial charge < -0.3 is 14.2 Å². The van der Waals surface area contributed by atoms with Crippen LogP contribution in [-0.4, -0.2) is 54.5 Å². The third kappa shape index (κ3) is 2.96. The molecule has 0 aromatic carbocycles. The van der Waals surface area contributed by atoms with E-state index in [4.69, 9.17) is 4.74 Å². The zero-order valence-corrected chi connectivity index (χ0v) is 15.8. The van der Waals surface area contributed by atoms with Gasteiger partial charge in [0.1, 0.15) is 18.0 Å². The molecule has 0 saturated carbocycles. The molecule has 1 saturated heterocycles. The summed E-state index contributed by atoms with van der Waals surface area (Å²) in [5, 5.41) is 15.9. The third-order valence-corrected chi connectivity index (χ3v) is 6.35. The van der Waals surface area contributed by atoms with Crippen molar-refractivity contribution in [2.75, 3.05) is 13.1 Å². The molecule has 2 aromatic heterocycles. The molecule has 0 bridgehead atoms. The predicted octanol–water partition coefficient (Wildman–Crippen LogP) is 1.32. The lowest BCUT2D eigenvalue weighted by atomic mass is 9.94. The largest absolute Gasteiger partial charge is 0.363 e. The van der Waals surface area contributed by atoms with E-state index in [0.29, 0.717) is 19.6 Å². The molecule has 5 rings (SSSR count). The fraction of sp³-hybridized carbons (Fsp3) is 0.684. The number of nitrogens with zero attached hydrogens (tertiary/aromatic N) is 5. The van der Waals surface area contributed by atoms with E-state index in [0.717, 1.165) is 56.1 Å². The first-order valence-corrected chi connectivity index (χ1v) is 9.99. The number of carbonyl (C=O) groups excluding carboxylic acids is 1. The Morgan fingerprint density at radius 2 is 2.15 bits per heavy atom. The Morgan fingerprint density at radius 3 is 3.07 bits per heavy atom. The molecule has 2 aliphatic heterocycles. The molecule has 2 aromatic rings. The zero-order chi connectivity index (χ0) is 18.4. The molecule has 1 spiro atoms. The van der Waals surface area contributed by atoms with E-state index in [1.165, 1.54) is 24.1 Å². The van der Waals surface area contributed by atoms with E-state index in [9.17, 15) is 4.79 Å². The topological polar surface area (TPSA) is 88.9 Å². The fourth-order valence-corrected chi connectivity index (χ4v) is 4.73. The standard InChI is InChI=1S/C19H26N6O2/c1-13-20-23-17-10-27-19(12-25(13)17)8-9-24(11-19)18(26)7-6-16-14-4-2-3-5-15(14)21-22-16/h2-12H2,1H3,(H,21,22). The van der Waals surface area contributed by atoms with Crippen molar-refractivity contribution in [1.82, 2.24) is 29.9 Å². The highest BCUT2D eigenvalue weighted by molar-refractivity contribution is 5.77. The minimum absolute atomic E-state index is 0.203. The number of H-pyrrole nitrogens is 1. The molecule has 1 N–H and O–H groups in total. The number of amides is 1. The van der Waals surface area contributed by atoms with Gasteiger partial charge in [-0.3, -0.25) is 9.89 Å². The summed E-state index contributed by atoms with van der Waals surface area (Å²) in [6.45, 7) is 4.59. The Balaban J connectivity index is 1.21. The number of carbonyl (C=O) groups is 1. The first-order valence-electron chi connectivity index (χ1n) is 9.99. The lowest BCUT2D eigenvalue weighted by molar-refractivity contribution is -0.133. The molecular weight excluding hydrogens is 344 g/mol. The summed E-state index contributed by atoms with van der Waals surface area (Å²) in [5.74, 6) is 2.00. The van der Waals surface area contributed by atoms with E-state index >= 15 is 0 Å². The van der Waals surface area contributed by atoms with Crippen LogP contribution in [0.3, 0.4) is 0 Å². The molecular formula is C19H26N6O2. The number of fused-ring (bicyclic) bond motifs is 2. The number of nitrogens with one attached hydrogen (secondary N) is 1. The van der Waals surface area contributed by atoms with Gasteiger partial charge in [-0.15, -0.1) is 10.2 Å². The number of likely N-dealkylation sites (tertiary alicyclic amines) is 1. The van der Waals surface area contributed by atoms with Crippen LogP contribution in [0.2, 0.25) is 0 Å². The van der Waals surface area contributed by atoms with Crippen molar-refractivity contribution < 1.29 is 9.53 Å². The molecule has 8 heteroatoms. The second-order valence-corrected chi connectivity index (χ2v) is 8.12. The molecule has 1 unspecified atom stereocenters. The monoisotopic (exact) mass is 370 g/mol. The summed E-state index contributed by atoms with van der Waals surface area (Å²) in [6, 6.07) is 0. The minimum atomic E-state index is -0.290. The second kappa shape index (κ2) is 6.44. The van der Waals surface area contributed by atoms with Gasteiger partial charge in [0.15, 0.2) is 5.82 Å². The van der Waals surface area contributed by atoms with Crippen LogP contribution in [0.25, 0.3) is 0 Å². The number of ether oxygens (including phenoxy) is 1. The van der Waals surface area contributed by atoms with Crippen LogP contribution in [0.1, 0.15) is 54.3 Å². The van der Waals surface area contributed by atoms with E-state index < -0.39 is 0 Å². The number of hydrogen-bond donors (Lipinski definition) is 1. The Hall–Kier alpha value is -2.22. The SMILES string of the molecule is Cc1nnc2n1CC1(CCN(C(=O)CCc3n[nH]c4c3CCCC4)C1)OC2. The van der Waals surface area contributed by atoms with Gasteiger partial charge in [0.25, 0.3) is 0 Å². The van der Waals surface area contributed by atoms with Crippen molar-refractivity contribution in [2.45, 2.75) is 70.6 Å². The van der Waals surface area contributed by atoms with Crippen molar-refractivity contribution in [3.63, 3.8) is 0 Å². The van der Waals surface area contributed by atoms with Crippen molar-refractivity contribution in [1.29, 1.82) is 0 Å². The van der Waals surface area contributed by atoms with Crippen molar-refractivity contribution in [3.05, 3.63) is 28.6 Å². The summed E-state index contributed by atoms with van der Waals surface area (Å²) in [6.07, 6.45) is 6.76. The number of aromatic amines is 1. The maximum atomic E-state index is 12.8. The van der Waals surface area contributed by atoms with Crippen LogP contribution in [0, 0.1) is 6.92 Å². The Morgan fingerprint density at radius 1 is 1.26 bits per heavy atom. The second-order valence-electron chi connectivity index (χ2n) is 8.12. The predicted molar refractivity (Wildman–Crippen MR) is 97.0 cm³/mol. The highest BCUT2D eigenvalue weighted by Gasteiger charge is 2.44. The van der Waals surface area contributed by atoms with E-state index in [-0.39, 0.29) is 11.5 Å². The first kappa shape index (κ1) is 16.9. The van der Waals surface area contributed by atoms with Crippen LogP contribution in [-0.2, 0) is 41.9 Å². The lowest BCUT2D eigenvalue weighted by Crippen LogP contribution is -2.45. The number of hydrogen-bond acceptors (Lipinski definition) is 5. The van der Waals surface area contributed by atoms with Gasteiger partial charge in [-0.25, -0.2) is 0 Å². The Kier molecular flexibility index (Phi) is 4.03. The molecule has 8 nitrogen and oxygen atoms in total. The van der Waals surface area contributed by atoms with Crippen LogP contribution in [0.4, 0.5) is 0 Å². The summed E-state index contributed by atoms with van der Waals surface area (Å²) in [7, 11) is 0. The summed E-state index contributed by atoms with van der Waals surface area (Å²) >= 11 is 0.